The summed E-state index contributed by atoms with van der Waals surface area (Å²) in [4.78, 5) is 39.3. The molecule has 2 fully saturated rings. The summed E-state index contributed by atoms with van der Waals surface area (Å²) in [5, 5.41) is 0. The van der Waals surface area contributed by atoms with Gasteiger partial charge < -0.3 is 28.6 Å². The molecule has 0 spiro atoms. The summed E-state index contributed by atoms with van der Waals surface area (Å²) < 4.78 is 43.2. The van der Waals surface area contributed by atoms with Gasteiger partial charge in [0.05, 0.1) is 73.5 Å². The minimum Gasteiger partial charge on any atom is -0.453 e. The Kier molecular flexibility index (Phi) is 14.1. The number of hydrogen-bond donors (Lipinski definition) is 0. The fraction of sp³-hybridized carbons (Fsp3) is 0.487. The van der Waals surface area contributed by atoms with Crippen LogP contribution in [0.2, 0.25) is 0 Å². The van der Waals surface area contributed by atoms with Gasteiger partial charge in [0.25, 0.3) is 0 Å². The third kappa shape index (κ3) is 11.3. The van der Waals surface area contributed by atoms with Crippen LogP contribution >= 0.6 is 11.3 Å². The molecule has 4 aromatic rings. The molecule has 13 heteroatoms. The largest absolute Gasteiger partial charge is 0.453 e. The van der Waals surface area contributed by atoms with Crippen LogP contribution in [0.4, 0.5) is 4.39 Å². The molecule has 0 radical (unpaired) electrons. The van der Waals surface area contributed by atoms with Gasteiger partial charge in [-0.15, -0.1) is 11.3 Å². The molecule has 6 rings (SSSR count). The van der Waals surface area contributed by atoms with Crippen LogP contribution < -0.4 is 4.74 Å². The highest BCUT2D eigenvalue weighted by molar-refractivity contribution is 7.22. The van der Waals surface area contributed by atoms with Gasteiger partial charge in [-0.2, -0.15) is 0 Å². The Morgan fingerprint density at radius 2 is 1.58 bits per heavy atom. The van der Waals surface area contributed by atoms with E-state index in [1.165, 1.54) is 17.4 Å². The lowest BCUT2D eigenvalue weighted by Gasteiger charge is -2.34. The van der Waals surface area contributed by atoms with Crippen LogP contribution in [0.15, 0.2) is 54.9 Å². The van der Waals surface area contributed by atoms with Crippen LogP contribution in [0.1, 0.15) is 36.8 Å². The lowest BCUT2D eigenvalue weighted by molar-refractivity contribution is -0.134. The average molecular weight is 735 g/mol. The number of pyridine rings is 2. The van der Waals surface area contributed by atoms with Crippen molar-refractivity contribution in [2.45, 2.75) is 38.6 Å². The highest BCUT2D eigenvalue weighted by atomic mass is 32.1. The fourth-order valence-corrected chi connectivity index (χ4v) is 7.04. The molecule has 3 aromatic heterocycles. The molecule has 1 saturated heterocycles. The number of ether oxygens (including phenoxy) is 5. The van der Waals surface area contributed by atoms with Gasteiger partial charge in [0.15, 0.2) is 11.6 Å². The third-order valence-electron chi connectivity index (χ3n) is 9.05. The van der Waals surface area contributed by atoms with Crippen LogP contribution in [-0.4, -0.2) is 111 Å². The maximum Gasteiger partial charge on any atom is 0.224 e. The number of piperazine rings is 1. The SMILES string of the molecule is COCCOCCOCCOCCC(=O)N1CCN(Cc2ccc(-c3cc4nccc(Oc5ccc(CC(=O)CC6CC6)cc5F)c4s3)nc2)CC1. The summed E-state index contributed by atoms with van der Waals surface area (Å²) in [6.07, 6.45) is 6.96. The second-order valence-electron chi connectivity index (χ2n) is 13.2. The average Bonchev–Trinajstić information content (AvgIpc) is 3.85. The van der Waals surface area contributed by atoms with Crippen LogP contribution in [0, 0.1) is 11.7 Å². The van der Waals surface area contributed by atoms with Crippen LogP contribution in [0.25, 0.3) is 20.8 Å². The summed E-state index contributed by atoms with van der Waals surface area (Å²) >= 11 is 1.50. The molecule has 0 bridgehead atoms. The van der Waals surface area contributed by atoms with Gasteiger partial charge in [0, 0.05) is 71.1 Å². The third-order valence-corrected chi connectivity index (χ3v) is 10.2. The lowest BCUT2D eigenvalue weighted by Crippen LogP contribution is -2.48. The van der Waals surface area contributed by atoms with Crippen LogP contribution in [0.3, 0.4) is 0 Å². The summed E-state index contributed by atoms with van der Waals surface area (Å²) in [5.41, 5.74) is 3.32. The predicted molar refractivity (Wildman–Crippen MR) is 196 cm³/mol. The summed E-state index contributed by atoms with van der Waals surface area (Å²) in [7, 11) is 1.64. The first-order valence-electron chi connectivity index (χ1n) is 18.0. The zero-order valence-electron chi connectivity index (χ0n) is 29.7. The zero-order valence-corrected chi connectivity index (χ0v) is 30.5. The quantitative estimate of drug-likeness (QED) is 0.0956. The number of nitrogens with zero attached hydrogens (tertiary/aromatic N) is 4. The molecule has 52 heavy (non-hydrogen) atoms. The molecule has 0 atom stereocenters. The zero-order chi connectivity index (χ0) is 36.1. The molecular weight excluding hydrogens is 688 g/mol. The van der Waals surface area contributed by atoms with Crippen LogP contribution in [-0.2, 0) is 41.5 Å². The van der Waals surface area contributed by atoms with Crippen molar-refractivity contribution in [3.63, 3.8) is 0 Å². The summed E-state index contributed by atoms with van der Waals surface area (Å²) in [6, 6.07) is 12.5. The van der Waals surface area contributed by atoms with E-state index < -0.39 is 5.82 Å². The highest BCUT2D eigenvalue weighted by Gasteiger charge is 2.25. The number of aromatic nitrogens is 2. The Bertz CT molecular complexity index is 1760. The van der Waals surface area contributed by atoms with E-state index in [1.54, 1.807) is 31.5 Å². The highest BCUT2D eigenvalue weighted by Crippen LogP contribution is 2.39. The molecule has 11 nitrogen and oxygen atoms in total. The molecule has 4 heterocycles. The number of carbonyl (C=O) groups excluding carboxylic acids is 2. The monoisotopic (exact) mass is 734 g/mol. The molecule has 0 N–H and O–H groups in total. The summed E-state index contributed by atoms with van der Waals surface area (Å²) in [5.74, 6) is 0.903. The normalized spacial score (nSPS) is 15.0. The van der Waals surface area contributed by atoms with Gasteiger partial charge >= 0.3 is 0 Å². The number of carbonyl (C=O) groups is 2. The smallest absolute Gasteiger partial charge is 0.224 e. The molecule has 278 valence electrons. The maximum absolute atomic E-state index is 15.0. The minimum absolute atomic E-state index is 0.108. The summed E-state index contributed by atoms with van der Waals surface area (Å²) in [6.45, 7) is 7.15. The number of amides is 1. The molecular formula is C39H47FN4O7S. The Hall–Kier alpha value is -3.85. The number of fused-ring (bicyclic) bond motifs is 1. The van der Waals surface area contributed by atoms with E-state index in [0.717, 1.165) is 58.8 Å². The van der Waals surface area contributed by atoms with Crippen molar-refractivity contribution < 1.29 is 37.7 Å². The molecule has 1 aliphatic carbocycles. The minimum atomic E-state index is -0.497. The number of thiophene rings is 1. The van der Waals surface area contributed by atoms with Crippen molar-refractivity contribution in [3.8, 4) is 22.1 Å². The van der Waals surface area contributed by atoms with Gasteiger partial charge in [-0.05, 0) is 54.2 Å². The predicted octanol–water partition coefficient (Wildman–Crippen LogP) is 5.93. The van der Waals surface area contributed by atoms with Crippen molar-refractivity contribution in [1.29, 1.82) is 0 Å². The number of benzene rings is 1. The molecule has 1 aromatic carbocycles. The second kappa shape index (κ2) is 19.3. The van der Waals surface area contributed by atoms with E-state index in [9.17, 15) is 9.59 Å². The molecule has 1 amide bonds. The van der Waals surface area contributed by atoms with Crippen molar-refractivity contribution in [2.24, 2.45) is 5.92 Å². The fourth-order valence-electron chi connectivity index (χ4n) is 6.00. The van der Waals surface area contributed by atoms with E-state index in [2.05, 4.69) is 16.0 Å². The first kappa shape index (κ1) is 37.9. The van der Waals surface area contributed by atoms with E-state index in [0.29, 0.717) is 89.4 Å². The topological polar surface area (TPSA) is 113 Å². The number of rotatable bonds is 21. The molecule has 0 unspecified atom stereocenters. The molecule has 2 aliphatic rings. The van der Waals surface area contributed by atoms with E-state index >= 15 is 4.39 Å². The van der Waals surface area contributed by atoms with Crippen LogP contribution in [0.5, 0.6) is 11.5 Å². The van der Waals surface area contributed by atoms with E-state index in [1.807, 2.05) is 23.2 Å². The van der Waals surface area contributed by atoms with Gasteiger partial charge in [-0.25, -0.2) is 4.39 Å². The lowest BCUT2D eigenvalue weighted by atomic mass is 10.0. The number of halogens is 1. The van der Waals surface area contributed by atoms with Crippen molar-refractivity contribution in [2.75, 3.05) is 79.5 Å². The molecule has 1 aliphatic heterocycles. The maximum atomic E-state index is 15.0. The Labute approximate surface area is 308 Å². The van der Waals surface area contributed by atoms with Gasteiger partial charge in [-0.3, -0.25) is 24.5 Å². The van der Waals surface area contributed by atoms with E-state index in [-0.39, 0.29) is 23.9 Å². The molecule has 1 saturated carbocycles. The van der Waals surface area contributed by atoms with Gasteiger partial charge in [0.2, 0.25) is 5.91 Å². The Morgan fingerprint density at radius 3 is 2.27 bits per heavy atom. The van der Waals surface area contributed by atoms with Crippen molar-refractivity contribution in [1.82, 2.24) is 19.8 Å². The Morgan fingerprint density at radius 1 is 0.846 bits per heavy atom. The van der Waals surface area contributed by atoms with E-state index in [4.69, 9.17) is 28.7 Å². The number of Topliss-reactive ketones (excluding diaryl/α,β-unsaturated/α-hetero) is 1. The number of ketones is 1. The van der Waals surface area contributed by atoms with Gasteiger partial charge in [-0.1, -0.05) is 12.1 Å². The standard InChI is InChI=1S/C39H47FN4O7S/c1-47-16-17-49-20-21-50-19-18-48-15-9-38(46)44-13-11-43(12-14-44)27-30-4-6-33(42-26-30)37-25-34-39(52-37)36(8-10-41-34)51-35-7-5-29(24-32(35)40)23-31(45)22-28-2-3-28/h4-8,10,24-26,28H,2-3,9,11-23,27H2,1H3. The first-order valence-corrected chi connectivity index (χ1v) is 18.8. The number of hydrogen-bond acceptors (Lipinski definition) is 11. The Balaban J connectivity index is 0.928. The number of methoxy groups -OCH3 is 1. The van der Waals surface area contributed by atoms with Crippen molar-refractivity contribution >= 4 is 33.2 Å². The van der Waals surface area contributed by atoms with Crippen molar-refractivity contribution in [3.05, 3.63) is 71.8 Å². The van der Waals surface area contributed by atoms with Gasteiger partial charge in [0.1, 0.15) is 11.5 Å². The first-order chi connectivity index (χ1) is 25.4. The second-order valence-corrected chi connectivity index (χ2v) is 14.2.